The molecule has 24 nitrogen and oxygen atoms in total. The Balaban J connectivity index is 1.14. The first-order chi connectivity index (χ1) is 36.1. The summed E-state index contributed by atoms with van der Waals surface area (Å²) in [5.41, 5.74) is 13.5. The van der Waals surface area contributed by atoms with E-state index in [2.05, 4.69) is 46.2 Å². The van der Waals surface area contributed by atoms with Crippen molar-refractivity contribution in [2.45, 2.75) is 124 Å². The molecule has 13 atom stereocenters. The number of carbonyl (C=O) groups excluding carboxylic acids is 5. The molecule has 0 aliphatic carbocycles. The minimum Gasteiger partial charge on any atom is -0.455 e. The van der Waals surface area contributed by atoms with E-state index in [0.29, 0.717) is 17.7 Å². The molecule has 2 aliphatic rings. The number of ether oxygens (including phenoxy) is 3. The van der Waals surface area contributed by atoms with Crippen LogP contribution < -0.4 is 32.7 Å². The summed E-state index contributed by atoms with van der Waals surface area (Å²) >= 11 is 1.07. The Kier molecular flexibility index (Phi) is 20.1. The monoisotopic (exact) mass is 1060 g/mol. The van der Waals surface area contributed by atoms with E-state index in [-0.39, 0.29) is 37.3 Å². The van der Waals surface area contributed by atoms with Crippen molar-refractivity contribution in [1.82, 2.24) is 46.2 Å². The van der Waals surface area contributed by atoms with Crippen LogP contribution in [0.4, 0.5) is 4.79 Å². The lowest BCUT2D eigenvalue weighted by molar-refractivity contribution is -0.292. The number of H-pyrrole nitrogens is 2. The van der Waals surface area contributed by atoms with Gasteiger partial charge in [0.05, 0.1) is 37.0 Å². The molecule has 3 aromatic heterocycles. The Labute approximate surface area is 436 Å². The van der Waals surface area contributed by atoms with E-state index in [1.165, 1.54) is 38.6 Å². The number of primary amides is 1. The fourth-order valence-electron chi connectivity index (χ4n) is 8.93. The number of aromatic amines is 2. The van der Waals surface area contributed by atoms with Gasteiger partial charge in [-0.2, -0.15) is 0 Å². The lowest BCUT2D eigenvalue weighted by Crippen LogP contribution is -2.64. The Hall–Kier alpha value is -6.49. The van der Waals surface area contributed by atoms with Gasteiger partial charge in [0.15, 0.2) is 12.4 Å². The number of carbonyl (C=O) groups is 5. The topological polar surface area (TPSA) is 374 Å². The van der Waals surface area contributed by atoms with Crippen molar-refractivity contribution in [3.05, 3.63) is 114 Å². The molecule has 2 fully saturated rings. The van der Waals surface area contributed by atoms with Crippen molar-refractivity contribution < 1.29 is 63.3 Å². The highest BCUT2D eigenvalue weighted by atomic mass is 32.2. The minimum absolute atomic E-state index is 0.00286. The van der Waals surface area contributed by atoms with Crippen molar-refractivity contribution in [3.63, 3.8) is 0 Å². The summed E-state index contributed by atoms with van der Waals surface area (Å²) in [6.07, 6.45) is -1.11. The van der Waals surface area contributed by atoms with Crippen LogP contribution in [-0.4, -0.2) is 173 Å². The van der Waals surface area contributed by atoms with Crippen LogP contribution in [0.2, 0.25) is 0 Å². The fourth-order valence-corrected chi connectivity index (χ4v) is 10.4. The van der Waals surface area contributed by atoms with Crippen LogP contribution in [0.15, 0.2) is 91.9 Å². The van der Waals surface area contributed by atoms with Crippen LogP contribution in [0.25, 0.3) is 10.9 Å². The summed E-state index contributed by atoms with van der Waals surface area (Å²) in [6, 6.07) is 11.3. The number of esters is 1. The number of nitrogens with zero attached hydrogens (tertiary/aromatic N) is 3. The number of rotatable bonds is 24. The molecule has 1 radical (unpaired) electrons. The number of aromatic nitrogens is 5. The lowest BCUT2D eigenvalue weighted by Gasteiger charge is -2.46. The molecular formula is C49H63BN11O13S. The van der Waals surface area contributed by atoms with Crippen molar-refractivity contribution in [3.8, 4) is 0 Å². The first kappa shape index (κ1) is 56.2. The summed E-state index contributed by atoms with van der Waals surface area (Å²) in [5.74, 6) is -4.08. The van der Waals surface area contributed by atoms with Crippen molar-refractivity contribution in [1.29, 1.82) is 0 Å². The van der Waals surface area contributed by atoms with E-state index < -0.39 is 121 Å². The normalized spacial score (nSPS) is 24.3. The van der Waals surface area contributed by atoms with E-state index in [0.717, 1.165) is 28.2 Å². The molecule has 5 amide bonds. The lowest BCUT2D eigenvalue weighted by atomic mass is 9.81. The third-order valence-corrected chi connectivity index (χ3v) is 14.0. The Morgan fingerprint density at radius 2 is 1.68 bits per heavy atom. The quantitative estimate of drug-likeness (QED) is 0.0262. The number of benzene rings is 2. The van der Waals surface area contributed by atoms with Crippen molar-refractivity contribution in [2.75, 3.05) is 13.2 Å². The molecule has 5 heterocycles. The molecule has 5 aromatic rings. The zero-order valence-electron chi connectivity index (χ0n) is 41.1. The van der Waals surface area contributed by atoms with Gasteiger partial charge in [-0.1, -0.05) is 62.4 Å². The van der Waals surface area contributed by atoms with Gasteiger partial charge in [0, 0.05) is 79.1 Å². The number of imidazole rings is 1. The number of urea groups is 1. The predicted octanol–water partition coefficient (Wildman–Crippen LogP) is -0.959. The molecular weight excluding hydrogens is 993 g/mol. The zero-order chi connectivity index (χ0) is 53.6. The second-order valence-electron chi connectivity index (χ2n) is 18.7. The number of nitrogens with one attached hydrogen (secondary N) is 6. The van der Waals surface area contributed by atoms with Gasteiger partial charge < -0.3 is 82.0 Å². The van der Waals surface area contributed by atoms with E-state index >= 15 is 0 Å². The van der Waals surface area contributed by atoms with Gasteiger partial charge in [-0.15, -0.1) is 11.8 Å². The van der Waals surface area contributed by atoms with E-state index in [1.54, 1.807) is 24.4 Å². The third-order valence-electron chi connectivity index (χ3n) is 12.6. The molecule has 7 rings (SSSR count). The minimum atomic E-state index is -1.82. The summed E-state index contributed by atoms with van der Waals surface area (Å²) in [5, 5.41) is 55.4. The van der Waals surface area contributed by atoms with Gasteiger partial charge in [0.25, 0.3) is 5.91 Å². The Morgan fingerprint density at radius 1 is 0.907 bits per heavy atom. The molecule has 0 unspecified atom stereocenters. The molecule has 2 aliphatic heterocycles. The van der Waals surface area contributed by atoms with Crippen LogP contribution in [-0.2, 0) is 52.5 Å². The maximum atomic E-state index is 14.6. The van der Waals surface area contributed by atoms with Gasteiger partial charge in [-0.3, -0.25) is 19.4 Å². The first-order valence-electron chi connectivity index (χ1n) is 24.4. The largest absolute Gasteiger partial charge is 0.455 e. The van der Waals surface area contributed by atoms with Crippen LogP contribution in [0.1, 0.15) is 54.0 Å². The van der Waals surface area contributed by atoms with E-state index in [9.17, 15) is 44.4 Å². The number of hydrogen-bond acceptors (Lipinski definition) is 18. The van der Waals surface area contributed by atoms with Gasteiger partial charge in [0.2, 0.25) is 11.8 Å². The maximum Gasteiger partial charge on any atom is 0.329 e. The van der Waals surface area contributed by atoms with Gasteiger partial charge in [0.1, 0.15) is 47.6 Å². The fraction of sp³-hybridized carbons (Fsp3) is 0.469. The summed E-state index contributed by atoms with van der Waals surface area (Å²) in [7, 11) is 1.25. The number of aliphatic hydroxyl groups excluding tert-OH is 4. The smallest absolute Gasteiger partial charge is 0.329 e. The Bertz CT molecular complexity index is 2640. The molecule has 0 spiro atoms. The van der Waals surface area contributed by atoms with Crippen LogP contribution >= 0.6 is 11.8 Å². The number of thioether (sulfide) groups is 1. The molecule has 0 saturated carbocycles. The van der Waals surface area contributed by atoms with Crippen LogP contribution in [0.3, 0.4) is 0 Å². The van der Waals surface area contributed by atoms with Crippen LogP contribution in [0, 0.1) is 5.92 Å². The van der Waals surface area contributed by atoms with Crippen molar-refractivity contribution >= 4 is 59.9 Å². The summed E-state index contributed by atoms with van der Waals surface area (Å²) < 4.78 is 25.0. The summed E-state index contributed by atoms with van der Waals surface area (Å²) in [6.45, 7) is 2.51. The van der Waals surface area contributed by atoms with Crippen molar-refractivity contribution in [2.24, 2.45) is 17.4 Å². The molecule has 401 valence electrons. The average molecular weight is 1060 g/mol. The number of nitrogens with two attached hydrogens (primary N) is 2. The SMILES string of the molecule is CC(C)C[C@@H]([B]O[C@@H]1O[C@H](CO)[C@@H](OC(=O)[C@H](Cc2c[nH]c3ccccc23)NC(=O)[C@@H](O)Cc2cnc[nH]2)[C@H](O[C@H]2C[C@H](N)[C@H](NC(N)=O)[C@H](CO)S2)[C@H]1O)NC(=O)[C@H](Cc1ccccc1)NC(=O)c1cnccn1. The Morgan fingerprint density at radius 3 is 2.37 bits per heavy atom. The predicted molar refractivity (Wildman–Crippen MR) is 272 cm³/mol. The number of para-hydroxylation sites is 1. The number of amides is 5. The highest BCUT2D eigenvalue weighted by molar-refractivity contribution is 8.00. The number of hydrogen-bond donors (Lipinski definition) is 12. The molecule has 75 heavy (non-hydrogen) atoms. The van der Waals surface area contributed by atoms with Crippen LogP contribution in [0.5, 0.6) is 0 Å². The molecule has 2 aromatic carbocycles. The highest BCUT2D eigenvalue weighted by Gasteiger charge is 2.51. The second-order valence-corrected chi connectivity index (χ2v) is 20.1. The van der Waals surface area contributed by atoms with Gasteiger partial charge in [-0.25, -0.2) is 19.6 Å². The number of fused-ring (bicyclic) bond motifs is 1. The molecule has 0 bridgehead atoms. The molecule has 26 heteroatoms. The van der Waals surface area contributed by atoms with Gasteiger partial charge in [-0.05, 0) is 29.5 Å². The molecule has 2 saturated heterocycles. The standard InChI is InChI=1S/C49H63BN11O13S/c1-25(2)14-38(60-44(66)32(15-26-8-4-3-5-9-26)58-45(67)34-21-53-12-13-55-34)50-74-48-41(65)43(72-39-18-30(51)40(61-49(52)70)37(23-63)75-39)42(36(22-62)71-48)73-47(69)33(16-27-19-56-31-11-7-6-10-29(27)31)59-46(68)35(64)17-28-20-54-24-57-28/h3-13,19-21,24-25,30,32-33,35-43,48,56,62-65H,14-18,22-23,51H2,1-2H3,(H,54,57)(H,58,67)(H,59,68)(H,60,66)(H3,52,61,70)/t30-,32-,33-,35-,36+,37-,38-,39+,40-,41+,42+,43+,48-/m0/s1. The van der Waals surface area contributed by atoms with E-state index in [1.807, 2.05) is 50.2 Å². The first-order valence-corrected chi connectivity index (χ1v) is 25.3. The third kappa shape index (κ3) is 15.3. The highest BCUT2D eigenvalue weighted by Crippen LogP contribution is 2.37. The summed E-state index contributed by atoms with van der Waals surface area (Å²) in [4.78, 5) is 85.5. The number of aliphatic hydroxyl groups is 4. The van der Waals surface area contributed by atoms with E-state index in [4.69, 9.17) is 30.3 Å². The average Bonchev–Trinajstić information content (AvgIpc) is 4.07. The second kappa shape index (κ2) is 26.8. The van der Waals surface area contributed by atoms with Gasteiger partial charge >= 0.3 is 19.5 Å². The maximum absolute atomic E-state index is 14.6. The molecule has 14 N–H and O–H groups in total. The zero-order valence-corrected chi connectivity index (χ0v) is 42.0.